The van der Waals surface area contributed by atoms with Crippen LogP contribution < -0.4 is 10.1 Å². The van der Waals surface area contributed by atoms with E-state index < -0.39 is 0 Å². The molecule has 6 heteroatoms. The van der Waals surface area contributed by atoms with Crippen molar-refractivity contribution in [2.75, 3.05) is 13.7 Å². The van der Waals surface area contributed by atoms with Gasteiger partial charge in [-0.2, -0.15) is 5.10 Å². The van der Waals surface area contributed by atoms with Crippen LogP contribution in [0.1, 0.15) is 18.1 Å². The summed E-state index contributed by atoms with van der Waals surface area (Å²) in [6.07, 6.45) is 4.37. The molecule has 2 aromatic heterocycles. The number of benzene rings is 1. The summed E-state index contributed by atoms with van der Waals surface area (Å²) in [5.74, 6) is 0.783. The lowest BCUT2D eigenvalue weighted by atomic mass is 10.1. The van der Waals surface area contributed by atoms with E-state index in [1.54, 1.807) is 18.0 Å². The first-order valence-corrected chi connectivity index (χ1v) is 7.89. The number of amides is 1. The molecule has 0 unspecified atom stereocenters. The Morgan fingerprint density at radius 2 is 2.00 bits per heavy atom. The molecule has 0 spiro atoms. The number of nitrogens with one attached hydrogen (secondary N) is 1. The molecule has 124 valence electrons. The van der Waals surface area contributed by atoms with Gasteiger partial charge in [-0.15, -0.1) is 0 Å². The molecule has 3 aromatic rings. The van der Waals surface area contributed by atoms with Crippen LogP contribution in [0.5, 0.6) is 5.75 Å². The van der Waals surface area contributed by atoms with Crippen LogP contribution in [0.25, 0.3) is 11.0 Å². The Balaban J connectivity index is 1.77. The monoisotopic (exact) mass is 324 g/mol. The molecule has 0 aliphatic rings. The molecule has 2 heterocycles. The van der Waals surface area contributed by atoms with Crippen molar-refractivity contribution in [1.29, 1.82) is 0 Å². The van der Waals surface area contributed by atoms with Gasteiger partial charge in [-0.1, -0.05) is 12.1 Å². The third-order valence-corrected chi connectivity index (χ3v) is 3.77. The molecule has 1 aromatic carbocycles. The molecule has 6 nitrogen and oxygen atoms in total. The largest absolute Gasteiger partial charge is 0.497 e. The van der Waals surface area contributed by atoms with Crippen LogP contribution in [0, 0.1) is 0 Å². The number of likely N-dealkylation sites (N-methyl/N-ethyl adjacent to an activating group) is 1. The number of ether oxygens (including phenoxy) is 1. The van der Waals surface area contributed by atoms with Gasteiger partial charge in [0.25, 0.3) is 0 Å². The molecule has 3 rings (SSSR count). The van der Waals surface area contributed by atoms with Crippen LogP contribution >= 0.6 is 0 Å². The van der Waals surface area contributed by atoms with Crippen molar-refractivity contribution >= 4 is 16.9 Å². The summed E-state index contributed by atoms with van der Waals surface area (Å²) in [5, 5.41) is 7.96. The maximum atomic E-state index is 11.7. The lowest BCUT2D eigenvalue weighted by Crippen LogP contribution is -2.27. The maximum Gasteiger partial charge on any atom is 0.241 e. The van der Waals surface area contributed by atoms with Crippen molar-refractivity contribution in [1.82, 2.24) is 20.1 Å². The van der Waals surface area contributed by atoms with Crippen molar-refractivity contribution in [3.05, 3.63) is 53.9 Å². The summed E-state index contributed by atoms with van der Waals surface area (Å²) in [5.41, 5.74) is 3.01. The number of fused-ring (bicyclic) bond motifs is 1. The van der Waals surface area contributed by atoms with Gasteiger partial charge in [0, 0.05) is 18.1 Å². The second-order valence-corrected chi connectivity index (χ2v) is 5.54. The minimum absolute atomic E-state index is 0.0633. The van der Waals surface area contributed by atoms with Gasteiger partial charge in [-0.05, 0) is 42.7 Å². The Hall–Kier alpha value is -2.89. The summed E-state index contributed by atoms with van der Waals surface area (Å²) >= 11 is 0. The number of hydrogen-bond donors (Lipinski definition) is 1. The highest BCUT2D eigenvalue weighted by molar-refractivity contribution is 5.80. The highest BCUT2D eigenvalue weighted by Gasteiger charge is 2.09. The number of carbonyl (C=O) groups is 1. The first kappa shape index (κ1) is 16.0. The number of aromatic nitrogens is 3. The summed E-state index contributed by atoms with van der Waals surface area (Å²) < 4.78 is 6.80. The second kappa shape index (κ2) is 7.12. The molecule has 0 aliphatic heterocycles. The lowest BCUT2D eigenvalue weighted by molar-refractivity contribution is -0.121. The topological polar surface area (TPSA) is 69.0 Å². The Morgan fingerprint density at radius 1 is 1.21 bits per heavy atom. The molecular weight excluding hydrogens is 304 g/mol. The molecule has 0 saturated heterocycles. The van der Waals surface area contributed by atoms with Crippen LogP contribution in [0.3, 0.4) is 0 Å². The lowest BCUT2D eigenvalue weighted by Gasteiger charge is -2.05. The molecular formula is C18H20N4O2. The fraction of sp³-hybridized carbons (Fsp3) is 0.278. The highest BCUT2D eigenvalue weighted by Crippen LogP contribution is 2.18. The van der Waals surface area contributed by atoms with E-state index in [-0.39, 0.29) is 12.5 Å². The van der Waals surface area contributed by atoms with E-state index in [9.17, 15) is 4.79 Å². The van der Waals surface area contributed by atoms with Gasteiger partial charge >= 0.3 is 0 Å². The van der Waals surface area contributed by atoms with Gasteiger partial charge < -0.3 is 10.1 Å². The van der Waals surface area contributed by atoms with E-state index in [4.69, 9.17) is 4.74 Å². The van der Waals surface area contributed by atoms with E-state index in [2.05, 4.69) is 21.5 Å². The first-order chi connectivity index (χ1) is 11.7. The fourth-order valence-electron chi connectivity index (χ4n) is 2.60. The molecule has 1 N–H and O–H groups in total. The van der Waals surface area contributed by atoms with Crippen LogP contribution in [0.2, 0.25) is 0 Å². The minimum Gasteiger partial charge on any atom is -0.497 e. The smallest absolute Gasteiger partial charge is 0.241 e. The predicted octanol–water partition coefficient (Wildman–Crippen LogP) is 2.17. The van der Waals surface area contributed by atoms with Crippen LogP contribution in [-0.2, 0) is 17.8 Å². The Morgan fingerprint density at radius 3 is 2.71 bits per heavy atom. The number of hydrogen-bond acceptors (Lipinski definition) is 4. The van der Waals surface area contributed by atoms with Gasteiger partial charge in [0.1, 0.15) is 12.3 Å². The van der Waals surface area contributed by atoms with Crippen molar-refractivity contribution in [2.24, 2.45) is 0 Å². The SMILES string of the molecule is CCNC(=O)Cn1ncc2cc(Cc3ccc(OC)cc3)cnc21. The summed E-state index contributed by atoms with van der Waals surface area (Å²) in [7, 11) is 1.66. The van der Waals surface area contributed by atoms with Crippen molar-refractivity contribution in [2.45, 2.75) is 19.9 Å². The van der Waals surface area contributed by atoms with E-state index in [0.717, 1.165) is 28.8 Å². The van der Waals surface area contributed by atoms with E-state index in [1.807, 2.05) is 37.4 Å². The van der Waals surface area contributed by atoms with Gasteiger partial charge in [0.15, 0.2) is 5.65 Å². The van der Waals surface area contributed by atoms with Crippen molar-refractivity contribution in [3.8, 4) is 5.75 Å². The molecule has 1 amide bonds. The zero-order chi connectivity index (χ0) is 16.9. The molecule has 0 radical (unpaired) electrons. The standard InChI is InChI=1S/C18H20N4O2/c1-3-19-17(23)12-22-18-15(11-21-22)9-14(10-20-18)8-13-4-6-16(24-2)7-5-13/h4-7,9-11H,3,8,12H2,1-2H3,(H,19,23). The average Bonchev–Trinajstić information content (AvgIpc) is 2.98. The van der Waals surface area contributed by atoms with E-state index in [1.165, 1.54) is 5.56 Å². The first-order valence-electron chi connectivity index (χ1n) is 7.89. The Kier molecular flexibility index (Phi) is 4.74. The zero-order valence-electron chi connectivity index (χ0n) is 13.8. The number of pyridine rings is 1. The number of methoxy groups -OCH3 is 1. The fourth-order valence-corrected chi connectivity index (χ4v) is 2.60. The third kappa shape index (κ3) is 3.53. The predicted molar refractivity (Wildman–Crippen MR) is 92.0 cm³/mol. The van der Waals surface area contributed by atoms with Gasteiger partial charge in [-0.25, -0.2) is 9.67 Å². The van der Waals surface area contributed by atoms with Crippen LogP contribution in [0.4, 0.5) is 0 Å². The normalized spacial score (nSPS) is 10.8. The van der Waals surface area contributed by atoms with Crippen LogP contribution in [-0.4, -0.2) is 34.3 Å². The number of nitrogens with zero attached hydrogens (tertiary/aromatic N) is 3. The van der Waals surface area contributed by atoms with Crippen LogP contribution in [0.15, 0.2) is 42.7 Å². The quantitative estimate of drug-likeness (QED) is 0.754. The Bertz CT molecular complexity index is 840. The van der Waals surface area contributed by atoms with Gasteiger partial charge in [-0.3, -0.25) is 4.79 Å². The van der Waals surface area contributed by atoms with Crippen molar-refractivity contribution in [3.63, 3.8) is 0 Å². The maximum absolute atomic E-state index is 11.7. The molecule has 0 saturated carbocycles. The average molecular weight is 324 g/mol. The summed E-state index contributed by atoms with van der Waals surface area (Å²) in [4.78, 5) is 16.2. The Labute approximate surface area is 140 Å². The van der Waals surface area contributed by atoms with Gasteiger partial charge in [0.05, 0.1) is 13.3 Å². The second-order valence-electron chi connectivity index (χ2n) is 5.54. The molecule has 0 bridgehead atoms. The molecule has 24 heavy (non-hydrogen) atoms. The molecule has 0 atom stereocenters. The third-order valence-electron chi connectivity index (χ3n) is 3.77. The van der Waals surface area contributed by atoms with Gasteiger partial charge in [0.2, 0.25) is 5.91 Å². The van der Waals surface area contributed by atoms with E-state index >= 15 is 0 Å². The number of carbonyl (C=O) groups excluding carboxylic acids is 1. The molecule has 0 aliphatic carbocycles. The molecule has 0 fully saturated rings. The number of rotatable bonds is 6. The zero-order valence-corrected chi connectivity index (χ0v) is 13.8. The summed E-state index contributed by atoms with van der Waals surface area (Å²) in [6.45, 7) is 2.68. The van der Waals surface area contributed by atoms with Crippen molar-refractivity contribution < 1.29 is 9.53 Å². The summed E-state index contributed by atoms with van der Waals surface area (Å²) in [6, 6.07) is 10.0. The highest BCUT2D eigenvalue weighted by atomic mass is 16.5. The minimum atomic E-state index is -0.0633. The van der Waals surface area contributed by atoms with E-state index in [0.29, 0.717) is 6.54 Å².